The molecule has 0 fully saturated rings. The van der Waals surface area contributed by atoms with Gasteiger partial charge in [0, 0.05) is 35.0 Å². The maximum Gasteiger partial charge on any atom is 0.274 e. The highest BCUT2D eigenvalue weighted by Crippen LogP contribution is 2.20. The van der Waals surface area contributed by atoms with Gasteiger partial charge in [-0.3, -0.25) is 14.6 Å². The van der Waals surface area contributed by atoms with E-state index in [1.54, 1.807) is 11.0 Å². The first-order valence-electron chi connectivity index (χ1n) is 9.42. The maximum absolute atomic E-state index is 13.2. The van der Waals surface area contributed by atoms with Gasteiger partial charge in [0.05, 0.1) is 12.7 Å². The van der Waals surface area contributed by atoms with Gasteiger partial charge in [0.1, 0.15) is 5.69 Å². The number of rotatable bonds is 5. The topological polar surface area (TPSA) is 79.0 Å². The van der Waals surface area contributed by atoms with Crippen LogP contribution in [-0.2, 0) is 13.1 Å². The molecule has 2 aromatic carbocycles. The molecular formula is C23H19ClN4O2. The number of H-pyrrole nitrogens is 1. The van der Waals surface area contributed by atoms with E-state index in [0.717, 1.165) is 22.0 Å². The zero-order chi connectivity index (χ0) is 21.1. The van der Waals surface area contributed by atoms with Gasteiger partial charge in [-0.15, -0.1) is 0 Å². The molecule has 0 saturated heterocycles. The van der Waals surface area contributed by atoms with E-state index in [1.807, 2.05) is 49.4 Å². The number of fused-ring (bicyclic) bond motifs is 1. The highest BCUT2D eigenvalue weighted by molar-refractivity contribution is 6.31. The number of carbonyl (C=O) groups is 1. The summed E-state index contributed by atoms with van der Waals surface area (Å²) in [6, 6.07) is 15.0. The Kier molecular flexibility index (Phi) is 5.59. The molecular weight excluding hydrogens is 400 g/mol. The van der Waals surface area contributed by atoms with Crippen molar-refractivity contribution in [3.05, 3.63) is 105 Å². The zero-order valence-electron chi connectivity index (χ0n) is 16.3. The van der Waals surface area contributed by atoms with Crippen molar-refractivity contribution in [3.63, 3.8) is 0 Å². The normalized spacial score (nSPS) is 10.9. The lowest BCUT2D eigenvalue weighted by molar-refractivity contribution is 0.0723. The molecule has 7 heteroatoms. The van der Waals surface area contributed by atoms with Gasteiger partial charge in [-0.05, 0) is 41.6 Å². The standard InChI is InChI=1S/C23H19ClN4O2/c1-15-6-7-16-11-18(22(29)27-20(16)10-15)14-28(13-17-4-2-3-5-19(17)24)23(30)21-12-25-8-9-26-21/h2-12H,13-14H2,1H3,(H,27,29). The molecule has 0 atom stereocenters. The fourth-order valence-electron chi connectivity index (χ4n) is 3.29. The maximum atomic E-state index is 13.2. The number of amides is 1. The molecule has 2 heterocycles. The van der Waals surface area contributed by atoms with E-state index in [-0.39, 0.29) is 30.2 Å². The van der Waals surface area contributed by atoms with Crippen LogP contribution >= 0.6 is 11.6 Å². The third-order valence-corrected chi connectivity index (χ3v) is 5.20. The van der Waals surface area contributed by atoms with E-state index in [9.17, 15) is 9.59 Å². The highest BCUT2D eigenvalue weighted by Gasteiger charge is 2.20. The second-order valence-electron chi connectivity index (χ2n) is 7.06. The average Bonchev–Trinajstić information content (AvgIpc) is 2.75. The fraction of sp³-hybridized carbons (Fsp3) is 0.130. The number of halogens is 1. The Balaban J connectivity index is 1.72. The molecule has 0 aliphatic heterocycles. The summed E-state index contributed by atoms with van der Waals surface area (Å²) >= 11 is 6.31. The molecule has 4 aromatic rings. The first-order chi connectivity index (χ1) is 14.5. The predicted octanol–water partition coefficient (Wildman–Crippen LogP) is 4.12. The second kappa shape index (κ2) is 8.47. The summed E-state index contributed by atoms with van der Waals surface area (Å²) in [5, 5.41) is 1.46. The second-order valence-corrected chi connectivity index (χ2v) is 7.46. The summed E-state index contributed by atoms with van der Waals surface area (Å²) < 4.78 is 0. The van der Waals surface area contributed by atoms with Gasteiger partial charge in [-0.25, -0.2) is 4.98 Å². The summed E-state index contributed by atoms with van der Waals surface area (Å²) in [4.78, 5) is 38.4. The molecule has 6 nitrogen and oxygen atoms in total. The Morgan fingerprint density at radius 3 is 2.63 bits per heavy atom. The van der Waals surface area contributed by atoms with Gasteiger partial charge in [-0.2, -0.15) is 0 Å². The molecule has 1 N–H and O–H groups in total. The van der Waals surface area contributed by atoms with Crippen LogP contribution in [0.25, 0.3) is 10.9 Å². The van der Waals surface area contributed by atoms with E-state index >= 15 is 0 Å². The lowest BCUT2D eigenvalue weighted by Gasteiger charge is -2.23. The first kappa shape index (κ1) is 19.8. The number of benzene rings is 2. The van der Waals surface area contributed by atoms with E-state index in [1.165, 1.54) is 18.6 Å². The van der Waals surface area contributed by atoms with Crippen molar-refractivity contribution in [2.75, 3.05) is 0 Å². The monoisotopic (exact) mass is 418 g/mol. The van der Waals surface area contributed by atoms with Crippen molar-refractivity contribution < 1.29 is 4.79 Å². The molecule has 4 rings (SSSR count). The molecule has 0 aliphatic carbocycles. The smallest absolute Gasteiger partial charge is 0.274 e. The van der Waals surface area contributed by atoms with Gasteiger partial charge >= 0.3 is 0 Å². The number of pyridine rings is 1. The minimum absolute atomic E-state index is 0.111. The molecule has 0 spiro atoms. The molecule has 0 bridgehead atoms. The summed E-state index contributed by atoms with van der Waals surface area (Å²) in [5.41, 5.74) is 3.06. The van der Waals surface area contributed by atoms with E-state index < -0.39 is 0 Å². The summed E-state index contributed by atoms with van der Waals surface area (Å²) in [6.45, 7) is 2.32. The van der Waals surface area contributed by atoms with Crippen LogP contribution in [0.2, 0.25) is 5.02 Å². The SMILES string of the molecule is Cc1ccc2cc(CN(Cc3ccccc3Cl)C(=O)c3cnccn3)c(=O)[nH]c2c1. The lowest BCUT2D eigenvalue weighted by Crippen LogP contribution is -2.33. The van der Waals surface area contributed by atoms with Crippen molar-refractivity contribution in [1.29, 1.82) is 0 Å². The number of hydrogen-bond donors (Lipinski definition) is 1. The summed E-state index contributed by atoms with van der Waals surface area (Å²) in [7, 11) is 0. The van der Waals surface area contributed by atoms with Gasteiger partial charge in [0.25, 0.3) is 11.5 Å². The van der Waals surface area contributed by atoms with Crippen LogP contribution in [-0.4, -0.2) is 25.8 Å². The molecule has 0 radical (unpaired) electrons. The molecule has 30 heavy (non-hydrogen) atoms. The third-order valence-electron chi connectivity index (χ3n) is 4.83. The Morgan fingerprint density at radius 1 is 1.07 bits per heavy atom. The average molecular weight is 419 g/mol. The van der Waals surface area contributed by atoms with Crippen molar-refractivity contribution in [1.82, 2.24) is 19.9 Å². The fourth-order valence-corrected chi connectivity index (χ4v) is 3.48. The van der Waals surface area contributed by atoms with E-state index in [4.69, 9.17) is 11.6 Å². The Labute approximate surface area is 178 Å². The van der Waals surface area contributed by atoms with Gasteiger partial charge in [-0.1, -0.05) is 41.9 Å². The molecule has 0 unspecified atom stereocenters. The van der Waals surface area contributed by atoms with Crippen molar-refractivity contribution in [3.8, 4) is 0 Å². The van der Waals surface area contributed by atoms with Crippen LogP contribution in [0.3, 0.4) is 0 Å². The number of aryl methyl sites for hydroxylation is 1. The summed E-state index contributed by atoms with van der Waals surface area (Å²) in [5.74, 6) is -0.327. The van der Waals surface area contributed by atoms with Crippen LogP contribution in [0.1, 0.15) is 27.2 Å². The number of aromatic nitrogens is 3. The minimum Gasteiger partial charge on any atom is -0.328 e. The zero-order valence-corrected chi connectivity index (χ0v) is 17.1. The van der Waals surface area contributed by atoms with E-state index in [2.05, 4.69) is 15.0 Å². The van der Waals surface area contributed by atoms with Crippen molar-refractivity contribution >= 4 is 28.4 Å². The number of nitrogens with zero attached hydrogens (tertiary/aromatic N) is 3. The minimum atomic E-state index is -0.327. The van der Waals surface area contributed by atoms with Crippen LogP contribution < -0.4 is 5.56 Å². The van der Waals surface area contributed by atoms with Crippen molar-refractivity contribution in [2.45, 2.75) is 20.0 Å². The van der Waals surface area contributed by atoms with Crippen LogP contribution in [0.4, 0.5) is 0 Å². The van der Waals surface area contributed by atoms with Gasteiger partial charge < -0.3 is 9.88 Å². The quantitative estimate of drug-likeness (QED) is 0.528. The molecule has 1 amide bonds. The highest BCUT2D eigenvalue weighted by atomic mass is 35.5. The lowest BCUT2D eigenvalue weighted by atomic mass is 10.1. The van der Waals surface area contributed by atoms with Crippen LogP contribution in [0, 0.1) is 6.92 Å². The molecule has 0 saturated carbocycles. The van der Waals surface area contributed by atoms with Crippen LogP contribution in [0.15, 0.2) is 71.9 Å². The number of nitrogens with one attached hydrogen (secondary N) is 1. The van der Waals surface area contributed by atoms with Crippen molar-refractivity contribution in [2.24, 2.45) is 0 Å². The molecule has 150 valence electrons. The number of hydrogen-bond acceptors (Lipinski definition) is 4. The third kappa shape index (κ3) is 4.23. The first-order valence-corrected chi connectivity index (χ1v) is 9.80. The Bertz CT molecular complexity index is 1270. The molecule has 2 aromatic heterocycles. The molecule has 0 aliphatic rings. The van der Waals surface area contributed by atoms with Crippen LogP contribution in [0.5, 0.6) is 0 Å². The largest absolute Gasteiger partial charge is 0.328 e. The number of aromatic amines is 1. The summed E-state index contributed by atoms with van der Waals surface area (Å²) in [6.07, 6.45) is 4.38. The Hall–Kier alpha value is -3.51. The van der Waals surface area contributed by atoms with Gasteiger partial charge in [0.15, 0.2) is 0 Å². The Morgan fingerprint density at radius 2 is 1.87 bits per heavy atom. The number of carbonyl (C=O) groups excluding carboxylic acids is 1. The predicted molar refractivity (Wildman–Crippen MR) is 116 cm³/mol. The van der Waals surface area contributed by atoms with E-state index in [0.29, 0.717) is 10.6 Å². The van der Waals surface area contributed by atoms with Gasteiger partial charge in [0.2, 0.25) is 0 Å².